The molecular formula is C47H68FNO7. The van der Waals surface area contributed by atoms with E-state index in [-0.39, 0.29) is 63.6 Å². The number of rotatable bonds is 11. The highest BCUT2D eigenvalue weighted by Crippen LogP contribution is 2.77. The minimum absolute atomic E-state index is 0.0206. The fourth-order valence-electron chi connectivity index (χ4n) is 13.6. The first kappa shape index (κ1) is 42.5. The second kappa shape index (κ2) is 14.9. The quantitative estimate of drug-likeness (QED) is 0.169. The summed E-state index contributed by atoms with van der Waals surface area (Å²) in [6.45, 7) is 22.0. The number of esters is 2. The van der Waals surface area contributed by atoms with Crippen molar-refractivity contribution in [3.05, 3.63) is 46.8 Å². The molecular weight excluding hydrogens is 710 g/mol. The van der Waals surface area contributed by atoms with Crippen LogP contribution < -0.4 is 5.32 Å². The van der Waals surface area contributed by atoms with E-state index in [1.54, 1.807) is 26.0 Å². The normalized spacial score (nSPS) is 35.8. The van der Waals surface area contributed by atoms with Crippen LogP contribution in [0.3, 0.4) is 0 Å². The number of carboxylic acid groups (broad SMARTS) is 1. The summed E-state index contributed by atoms with van der Waals surface area (Å²) in [7, 11) is 0. The van der Waals surface area contributed by atoms with E-state index in [1.807, 2.05) is 0 Å². The van der Waals surface area contributed by atoms with Crippen molar-refractivity contribution in [2.75, 3.05) is 6.54 Å². The topological polar surface area (TPSA) is 119 Å². The highest BCUT2D eigenvalue weighted by atomic mass is 19.1. The average molecular weight is 778 g/mol. The van der Waals surface area contributed by atoms with E-state index in [9.17, 15) is 28.7 Å². The fourth-order valence-corrected chi connectivity index (χ4v) is 13.6. The molecule has 1 aromatic rings. The smallest absolute Gasteiger partial charge is 0.309 e. The number of Topliss-reactive ketones (excluding diaryl/α,β-unsaturated/α-hetero) is 1. The number of aliphatic carboxylic acids is 1. The van der Waals surface area contributed by atoms with Gasteiger partial charge in [-0.2, -0.15) is 0 Å². The van der Waals surface area contributed by atoms with Crippen LogP contribution in [0.25, 0.3) is 0 Å². The van der Waals surface area contributed by atoms with Gasteiger partial charge in [0.05, 0.1) is 11.8 Å². The van der Waals surface area contributed by atoms with E-state index in [1.165, 1.54) is 30.2 Å². The zero-order chi connectivity index (χ0) is 41.2. The van der Waals surface area contributed by atoms with Crippen LogP contribution in [0.2, 0.25) is 0 Å². The van der Waals surface area contributed by atoms with Gasteiger partial charge in [0.2, 0.25) is 0 Å². The second-order valence-electron chi connectivity index (χ2n) is 20.8. The number of halogens is 1. The summed E-state index contributed by atoms with van der Waals surface area (Å²) in [4.78, 5) is 51.7. The van der Waals surface area contributed by atoms with Gasteiger partial charge in [0.1, 0.15) is 23.8 Å². The Morgan fingerprint density at radius 2 is 1.61 bits per heavy atom. The monoisotopic (exact) mass is 777 g/mol. The van der Waals surface area contributed by atoms with Gasteiger partial charge in [-0.15, -0.1) is 0 Å². The standard InChI is InChI=1S/C47H68FNO7/c1-28(2)33-23-32(51)24-47(38(55-29(3)50)27-49-26-30-11-13-31(48)14-12-30)22-21-45(9)34(40(33)47)15-16-36-44(8)19-18-37(56-39(52)25-42(4,5)41(53)54)43(6,7)35(44)17-20-46(36,45)10/h11-14,28,34-38,49H,15-27H2,1-10H3,(H,53,54)/t34-,35+,36-,37+,38+,44+,45-,46-,47+/m1/s1. The van der Waals surface area contributed by atoms with Gasteiger partial charge in [-0.1, -0.05) is 71.7 Å². The van der Waals surface area contributed by atoms with Crippen molar-refractivity contribution in [1.82, 2.24) is 5.32 Å². The first-order chi connectivity index (χ1) is 26.0. The number of ether oxygens (including phenoxy) is 2. The minimum atomic E-state index is -1.18. The lowest BCUT2D eigenvalue weighted by Gasteiger charge is -2.73. The van der Waals surface area contributed by atoms with E-state index >= 15 is 0 Å². The van der Waals surface area contributed by atoms with Crippen molar-refractivity contribution in [3.63, 3.8) is 0 Å². The number of nitrogens with one attached hydrogen (secondary N) is 1. The van der Waals surface area contributed by atoms with Crippen molar-refractivity contribution in [2.45, 2.75) is 159 Å². The Morgan fingerprint density at radius 1 is 0.929 bits per heavy atom. The number of benzene rings is 1. The predicted molar refractivity (Wildman–Crippen MR) is 214 cm³/mol. The molecule has 310 valence electrons. The summed E-state index contributed by atoms with van der Waals surface area (Å²) in [5, 5.41) is 13.2. The van der Waals surface area contributed by atoms with E-state index in [2.05, 4.69) is 53.8 Å². The number of carboxylic acids is 1. The molecule has 56 heavy (non-hydrogen) atoms. The third-order valence-electron chi connectivity index (χ3n) is 16.7. The number of carbonyl (C=O) groups excluding carboxylic acids is 3. The van der Waals surface area contributed by atoms with Crippen molar-refractivity contribution in [3.8, 4) is 0 Å². The maximum Gasteiger partial charge on any atom is 0.309 e. The highest BCUT2D eigenvalue weighted by molar-refractivity contribution is 5.85. The maximum atomic E-state index is 13.9. The van der Waals surface area contributed by atoms with Crippen molar-refractivity contribution in [2.24, 2.45) is 56.2 Å². The Balaban J connectivity index is 1.31. The SMILES string of the molecule is CC(=O)O[C@@H](CNCc1ccc(F)cc1)[C@@]12CC[C@]3(C)[C@H](CC[C@@H]4[C@@]5(C)CC[C@H](OC(=O)CC(C)(C)C(=O)O)C(C)(C)[C@@H]5CC[C@]43C)C1=C(C(C)C)CC(=O)C2. The molecule has 0 bridgehead atoms. The van der Waals surface area contributed by atoms with Crippen LogP contribution in [0.4, 0.5) is 4.39 Å². The summed E-state index contributed by atoms with van der Waals surface area (Å²) in [5.74, 6) is -0.617. The van der Waals surface area contributed by atoms with Crippen LogP contribution in [0.5, 0.6) is 0 Å². The van der Waals surface area contributed by atoms with Gasteiger partial charge in [0.15, 0.2) is 0 Å². The molecule has 5 aliphatic carbocycles. The Morgan fingerprint density at radius 3 is 2.23 bits per heavy atom. The maximum absolute atomic E-state index is 13.9. The molecule has 4 fully saturated rings. The molecule has 0 amide bonds. The fraction of sp³-hybridized carbons (Fsp3) is 0.745. The van der Waals surface area contributed by atoms with Crippen LogP contribution in [0.1, 0.15) is 145 Å². The Labute approximate surface area is 334 Å². The van der Waals surface area contributed by atoms with Gasteiger partial charge in [-0.05, 0) is 123 Å². The van der Waals surface area contributed by atoms with E-state index in [0.29, 0.717) is 37.8 Å². The molecule has 0 heterocycles. The molecule has 2 N–H and O–H groups in total. The minimum Gasteiger partial charge on any atom is -0.481 e. The van der Waals surface area contributed by atoms with Crippen molar-refractivity contribution in [1.29, 1.82) is 0 Å². The second-order valence-corrected chi connectivity index (χ2v) is 20.8. The van der Waals surface area contributed by atoms with Crippen molar-refractivity contribution >= 4 is 23.7 Å². The van der Waals surface area contributed by atoms with Gasteiger partial charge in [0.25, 0.3) is 0 Å². The Bertz CT molecular complexity index is 1750. The molecule has 5 aliphatic rings. The van der Waals surface area contributed by atoms with Gasteiger partial charge in [0, 0.05) is 43.7 Å². The number of hydrogen-bond acceptors (Lipinski definition) is 7. The zero-order valence-corrected chi connectivity index (χ0v) is 35.7. The van der Waals surface area contributed by atoms with Crippen LogP contribution in [0.15, 0.2) is 35.4 Å². The average Bonchev–Trinajstić information content (AvgIpc) is 3.09. The molecule has 0 aromatic heterocycles. The number of fused-ring (bicyclic) bond motifs is 7. The van der Waals surface area contributed by atoms with Crippen LogP contribution in [0, 0.1) is 62.0 Å². The molecule has 1 aromatic carbocycles. The van der Waals surface area contributed by atoms with Crippen molar-refractivity contribution < 1.29 is 38.1 Å². The Kier molecular flexibility index (Phi) is 11.4. The van der Waals surface area contributed by atoms with Crippen LogP contribution in [-0.4, -0.2) is 47.6 Å². The lowest BCUT2D eigenvalue weighted by atomic mass is 9.32. The molecule has 0 saturated heterocycles. The van der Waals surface area contributed by atoms with Crippen LogP contribution >= 0.6 is 0 Å². The molecule has 6 rings (SSSR count). The summed E-state index contributed by atoms with van der Waals surface area (Å²) in [5.41, 5.74) is 1.53. The van der Waals surface area contributed by atoms with E-state index in [4.69, 9.17) is 9.47 Å². The Hall–Kier alpha value is -3.07. The molecule has 9 heteroatoms. The molecule has 0 spiro atoms. The first-order valence-corrected chi connectivity index (χ1v) is 21.3. The third-order valence-corrected chi connectivity index (χ3v) is 16.7. The summed E-state index contributed by atoms with van der Waals surface area (Å²) >= 11 is 0. The molecule has 8 nitrogen and oxygen atoms in total. The van der Waals surface area contributed by atoms with Gasteiger partial charge in [-0.25, -0.2) is 4.39 Å². The van der Waals surface area contributed by atoms with Gasteiger partial charge >= 0.3 is 17.9 Å². The summed E-state index contributed by atoms with van der Waals surface area (Å²) in [6.07, 6.45) is 7.48. The molecule has 0 unspecified atom stereocenters. The summed E-state index contributed by atoms with van der Waals surface area (Å²) < 4.78 is 26.1. The van der Waals surface area contributed by atoms with Crippen LogP contribution in [-0.2, 0) is 35.2 Å². The third kappa shape index (κ3) is 7.08. The molecule has 9 atom stereocenters. The molecule has 4 saturated carbocycles. The number of allylic oxidation sites excluding steroid dienone is 1. The van der Waals surface area contributed by atoms with E-state index < -0.39 is 28.9 Å². The lowest BCUT2D eigenvalue weighted by molar-refractivity contribution is -0.236. The lowest BCUT2D eigenvalue weighted by Crippen LogP contribution is -2.67. The summed E-state index contributed by atoms with van der Waals surface area (Å²) in [6, 6.07) is 6.43. The zero-order valence-electron chi connectivity index (χ0n) is 35.7. The first-order valence-electron chi connectivity index (χ1n) is 21.3. The molecule has 0 aliphatic heterocycles. The number of ketones is 1. The highest BCUT2D eigenvalue weighted by Gasteiger charge is 2.70. The molecule has 0 radical (unpaired) electrons. The number of hydrogen-bond donors (Lipinski definition) is 2. The van der Waals surface area contributed by atoms with Gasteiger partial charge < -0.3 is 19.9 Å². The van der Waals surface area contributed by atoms with Gasteiger partial charge in [-0.3, -0.25) is 19.2 Å². The largest absolute Gasteiger partial charge is 0.481 e. The number of carbonyl (C=O) groups is 4. The van der Waals surface area contributed by atoms with E-state index in [0.717, 1.165) is 56.9 Å². The predicted octanol–water partition coefficient (Wildman–Crippen LogP) is 9.63.